The van der Waals surface area contributed by atoms with Gasteiger partial charge in [0, 0.05) is 0 Å². The Balaban J connectivity index is 4.03. The van der Waals surface area contributed by atoms with Crippen molar-refractivity contribution in [3.63, 3.8) is 0 Å². The minimum atomic E-state index is -1.02. The smallest absolute Gasteiger partial charge is 0.326 e. The van der Waals surface area contributed by atoms with Gasteiger partial charge in [-0.2, -0.15) is 0 Å². The highest BCUT2D eigenvalue weighted by Gasteiger charge is 2.17. The number of aliphatic carboxylic acids is 1. The number of terminal acetylenes is 1. The summed E-state index contributed by atoms with van der Waals surface area (Å²) in [7, 11) is 0. The molecule has 0 heterocycles. The fourth-order valence-corrected chi connectivity index (χ4v) is 0.884. The standard InChI is InChI=1S/C9H13NO3/c1-3-5-7(9(12)13)10-8(11)6-4-2/h2,7H,3,5-6H2,1H3,(H,10,11)(H,12,13)/t7-/m0/s1. The molecule has 1 amide bonds. The van der Waals surface area contributed by atoms with Gasteiger partial charge in [0.05, 0.1) is 6.42 Å². The van der Waals surface area contributed by atoms with Gasteiger partial charge in [-0.1, -0.05) is 19.3 Å². The third-order valence-corrected chi connectivity index (χ3v) is 1.47. The van der Waals surface area contributed by atoms with Crippen molar-refractivity contribution < 1.29 is 14.7 Å². The van der Waals surface area contributed by atoms with Crippen LogP contribution in [0.1, 0.15) is 26.2 Å². The van der Waals surface area contributed by atoms with Crippen LogP contribution in [0.4, 0.5) is 0 Å². The zero-order valence-electron chi connectivity index (χ0n) is 7.54. The quantitative estimate of drug-likeness (QED) is 0.605. The molecule has 13 heavy (non-hydrogen) atoms. The molecular formula is C9H13NO3. The highest BCUT2D eigenvalue weighted by molar-refractivity contribution is 5.84. The van der Waals surface area contributed by atoms with E-state index in [1.165, 1.54) is 0 Å². The zero-order valence-corrected chi connectivity index (χ0v) is 7.54. The molecule has 0 fully saturated rings. The second kappa shape index (κ2) is 6.06. The molecule has 0 saturated heterocycles. The first-order valence-corrected chi connectivity index (χ1v) is 4.07. The van der Waals surface area contributed by atoms with E-state index in [0.29, 0.717) is 12.8 Å². The minimum Gasteiger partial charge on any atom is -0.480 e. The number of hydrogen-bond acceptors (Lipinski definition) is 2. The van der Waals surface area contributed by atoms with Crippen LogP contribution < -0.4 is 5.32 Å². The van der Waals surface area contributed by atoms with Crippen LogP contribution in [0.3, 0.4) is 0 Å². The highest BCUT2D eigenvalue weighted by Crippen LogP contribution is 1.97. The Kier molecular flexibility index (Phi) is 5.37. The molecule has 0 aromatic rings. The van der Waals surface area contributed by atoms with Crippen molar-refractivity contribution in [3.05, 3.63) is 0 Å². The Morgan fingerprint density at radius 1 is 1.62 bits per heavy atom. The van der Waals surface area contributed by atoms with E-state index in [9.17, 15) is 9.59 Å². The van der Waals surface area contributed by atoms with E-state index in [1.807, 2.05) is 6.92 Å². The number of carboxylic acid groups (broad SMARTS) is 1. The lowest BCUT2D eigenvalue weighted by Gasteiger charge is -2.11. The molecule has 0 aliphatic heterocycles. The van der Waals surface area contributed by atoms with Gasteiger partial charge in [0.15, 0.2) is 0 Å². The van der Waals surface area contributed by atoms with E-state index in [-0.39, 0.29) is 6.42 Å². The molecule has 0 unspecified atom stereocenters. The van der Waals surface area contributed by atoms with Gasteiger partial charge < -0.3 is 10.4 Å². The van der Waals surface area contributed by atoms with Crippen LogP contribution in [0, 0.1) is 12.3 Å². The lowest BCUT2D eigenvalue weighted by Crippen LogP contribution is -2.40. The van der Waals surface area contributed by atoms with Gasteiger partial charge in [-0.25, -0.2) is 4.79 Å². The lowest BCUT2D eigenvalue weighted by atomic mass is 10.1. The van der Waals surface area contributed by atoms with Gasteiger partial charge in [0.1, 0.15) is 6.04 Å². The fourth-order valence-electron chi connectivity index (χ4n) is 0.884. The molecule has 0 aromatic heterocycles. The summed E-state index contributed by atoms with van der Waals surface area (Å²) in [5.41, 5.74) is 0. The van der Waals surface area contributed by atoms with E-state index in [1.54, 1.807) is 0 Å². The van der Waals surface area contributed by atoms with Crippen molar-refractivity contribution in [2.75, 3.05) is 0 Å². The number of rotatable bonds is 5. The molecule has 0 aliphatic carbocycles. The van der Waals surface area contributed by atoms with Crippen molar-refractivity contribution in [2.24, 2.45) is 0 Å². The number of hydrogen-bond donors (Lipinski definition) is 2. The van der Waals surface area contributed by atoms with Crippen LogP contribution in [-0.4, -0.2) is 23.0 Å². The maximum atomic E-state index is 10.9. The molecule has 4 heteroatoms. The minimum absolute atomic E-state index is 0.0759. The first-order valence-electron chi connectivity index (χ1n) is 4.07. The molecule has 0 radical (unpaired) electrons. The molecule has 72 valence electrons. The van der Waals surface area contributed by atoms with Crippen molar-refractivity contribution in [2.45, 2.75) is 32.2 Å². The monoisotopic (exact) mass is 183 g/mol. The number of carbonyl (C=O) groups excluding carboxylic acids is 1. The summed E-state index contributed by atoms with van der Waals surface area (Å²) in [4.78, 5) is 21.5. The van der Waals surface area contributed by atoms with Crippen LogP contribution in [0.15, 0.2) is 0 Å². The predicted octanol–water partition coefficient (Wildman–Crippen LogP) is 0.379. The first kappa shape index (κ1) is 11.5. The SMILES string of the molecule is C#CCC(=O)N[C@@H](CCC)C(=O)O. The number of amides is 1. The molecule has 0 aromatic carbocycles. The zero-order chi connectivity index (χ0) is 10.3. The van der Waals surface area contributed by atoms with E-state index in [0.717, 1.165) is 0 Å². The average Bonchev–Trinajstić information content (AvgIpc) is 2.04. The van der Waals surface area contributed by atoms with Crippen LogP contribution in [0.2, 0.25) is 0 Å². The largest absolute Gasteiger partial charge is 0.480 e. The summed E-state index contributed by atoms with van der Waals surface area (Å²) in [6.45, 7) is 1.85. The molecule has 0 bridgehead atoms. The normalized spacial score (nSPS) is 11.4. The van der Waals surface area contributed by atoms with Crippen molar-refractivity contribution in [1.82, 2.24) is 5.32 Å². The predicted molar refractivity (Wildman–Crippen MR) is 47.9 cm³/mol. The molecule has 0 spiro atoms. The maximum Gasteiger partial charge on any atom is 0.326 e. The van der Waals surface area contributed by atoms with E-state index in [2.05, 4.69) is 11.2 Å². The van der Waals surface area contributed by atoms with Crippen LogP contribution in [-0.2, 0) is 9.59 Å². The third-order valence-electron chi connectivity index (χ3n) is 1.47. The fraction of sp³-hybridized carbons (Fsp3) is 0.556. The summed E-state index contributed by atoms with van der Waals surface area (Å²) >= 11 is 0. The number of carboxylic acids is 1. The van der Waals surface area contributed by atoms with Crippen molar-refractivity contribution >= 4 is 11.9 Å². The summed E-state index contributed by atoms with van der Waals surface area (Å²) in [5, 5.41) is 11.0. The lowest BCUT2D eigenvalue weighted by molar-refractivity contribution is -0.141. The molecule has 1 atom stereocenters. The van der Waals surface area contributed by atoms with Gasteiger partial charge in [-0.05, 0) is 6.42 Å². The van der Waals surface area contributed by atoms with E-state index >= 15 is 0 Å². The molecule has 0 saturated carbocycles. The second-order valence-electron chi connectivity index (χ2n) is 2.63. The van der Waals surface area contributed by atoms with Gasteiger partial charge in [0.25, 0.3) is 0 Å². The van der Waals surface area contributed by atoms with Gasteiger partial charge in [-0.3, -0.25) is 4.79 Å². The van der Waals surface area contributed by atoms with Gasteiger partial charge in [0.2, 0.25) is 5.91 Å². The molecule has 2 N–H and O–H groups in total. The Labute approximate surface area is 77.3 Å². The average molecular weight is 183 g/mol. The van der Waals surface area contributed by atoms with Crippen LogP contribution >= 0.6 is 0 Å². The number of carbonyl (C=O) groups is 2. The third kappa shape index (κ3) is 4.86. The Morgan fingerprint density at radius 3 is 2.62 bits per heavy atom. The van der Waals surface area contributed by atoms with Crippen LogP contribution in [0.25, 0.3) is 0 Å². The molecule has 0 rings (SSSR count). The van der Waals surface area contributed by atoms with Crippen molar-refractivity contribution in [1.29, 1.82) is 0 Å². The van der Waals surface area contributed by atoms with E-state index in [4.69, 9.17) is 11.5 Å². The summed E-state index contributed by atoms with van der Waals surface area (Å²) < 4.78 is 0. The topological polar surface area (TPSA) is 66.4 Å². The van der Waals surface area contributed by atoms with E-state index < -0.39 is 17.9 Å². The Morgan fingerprint density at radius 2 is 2.23 bits per heavy atom. The highest BCUT2D eigenvalue weighted by atomic mass is 16.4. The van der Waals surface area contributed by atoms with Crippen molar-refractivity contribution in [3.8, 4) is 12.3 Å². The summed E-state index contributed by atoms with van der Waals surface area (Å²) in [6.07, 6.45) is 5.95. The molecule has 0 aliphatic rings. The Hall–Kier alpha value is -1.50. The second-order valence-corrected chi connectivity index (χ2v) is 2.63. The molecular weight excluding hydrogens is 170 g/mol. The van der Waals surface area contributed by atoms with Gasteiger partial charge >= 0.3 is 5.97 Å². The van der Waals surface area contributed by atoms with Crippen LogP contribution in [0.5, 0.6) is 0 Å². The summed E-state index contributed by atoms with van der Waals surface area (Å²) in [6, 6.07) is -0.814. The van der Waals surface area contributed by atoms with Gasteiger partial charge in [-0.15, -0.1) is 6.42 Å². The maximum absolute atomic E-state index is 10.9. The summed E-state index contributed by atoms with van der Waals surface area (Å²) in [5.74, 6) is 0.714. The first-order chi connectivity index (χ1) is 6.11. The number of nitrogens with one attached hydrogen (secondary N) is 1. The molecule has 4 nitrogen and oxygen atoms in total. The Bertz CT molecular complexity index is 230.